The van der Waals surface area contributed by atoms with Crippen molar-refractivity contribution in [2.45, 2.75) is 51.5 Å². The highest BCUT2D eigenvalue weighted by molar-refractivity contribution is 4.98. The molecule has 1 unspecified atom stereocenters. The highest BCUT2D eigenvalue weighted by Crippen LogP contribution is 2.19. The average Bonchev–Trinajstić information content (AvgIpc) is 2.73. The molecule has 0 aliphatic rings. The molecule has 5 nitrogen and oxygen atoms in total. The van der Waals surface area contributed by atoms with E-state index in [4.69, 9.17) is 9.47 Å². The zero-order chi connectivity index (χ0) is 13.6. The number of rotatable bonds is 8. The lowest BCUT2D eigenvalue weighted by atomic mass is 9.97. The summed E-state index contributed by atoms with van der Waals surface area (Å²) in [6, 6.07) is 0. The van der Waals surface area contributed by atoms with Gasteiger partial charge >= 0.3 is 0 Å². The summed E-state index contributed by atoms with van der Waals surface area (Å²) in [5, 5.41) is 10.4. The number of hydrogen-bond donors (Lipinski definition) is 1. The molecule has 0 bridgehead atoms. The van der Waals surface area contributed by atoms with Crippen LogP contribution in [0.25, 0.3) is 0 Å². The quantitative estimate of drug-likeness (QED) is 0.718. The molecule has 1 N–H and O–H groups in total. The fraction of sp³-hybridized carbons (Fsp3) is 0.769. The monoisotopic (exact) mass is 256 g/mol. The van der Waals surface area contributed by atoms with Crippen LogP contribution in [0.4, 0.5) is 0 Å². The second-order valence-electron chi connectivity index (χ2n) is 4.82. The van der Waals surface area contributed by atoms with Gasteiger partial charge in [-0.05, 0) is 13.3 Å². The van der Waals surface area contributed by atoms with Gasteiger partial charge in [0.25, 0.3) is 0 Å². The Bertz CT molecular complexity index is 346. The molecule has 5 heteroatoms. The smallest absolute Gasteiger partial charge is 0.159 e. The van der Waals surface area contributed by atoms with Gasteiger partial charge in [0, 0.05) is 46.0 Å². The number of hydrogen-bond acceptors (Lipinski definition) is 4. The minimum atomic E-state index is -0.895. The average molecular weight is 256 g/mol. The number of imidazole rings is 1. The van der Waals surface area contributed by atoms with Crippen molar-refractivity contribution in [3.63, 3.8) is 0 Å². The molecular formula is C13H24N2O3. The maximum atomic E-state index is 10.4. The van der Waals surface area contributed by atoms with Crippen LogP contribution in [0.1, 0.15) is 32.5 Å². The predicted octanol–water partition coefficient (Wildman–Crippen LogP) is 1.60. The van der Waals surface area contributed by atoms with Crippen LogP contribution < -0.4 is 0 Å². The molecule has 0 fully saturated rings. The summed E-state index contributed by atoms with van der Waals surface area (Å²) in [7, 11) is 3.14. The molecule has 0 saturated carbocycles. The molecule has 104 valence electrons. The van der Waals surface area contributed by atoms with E-state index in [1.54, 1.807) is 27.3 Å². The van der Waals surface area contributed by atoms with Crippen molar-refractivity contribution in [1.82, 2.24) is 9.55 Å². The summed E-state index contributed by atoms with van der Waals surface area (Å²) in [6.45, 7) is 4.82. The van der Waals surface area contributed by atoms with Gasteiger partial charge in [-0.2, -0.15) is 0 Å². The van der Waals surface area contributed by atoms with E-state index in [-0.39, 0.29) is 0 Å². The molecular weight excluding hydrogens is 232 g/mol. The predicted molar refractivity (Wildman–Crippen MR) is 69.3 cm³/mol. The molecule has 0 saturated heterocycles. The minimum Gasteiger partial charge on any atom is -0.390 e. The second kappa shape index (κ2) is 6.87. The summed E-state index contributed by atoms with van der Waals surface area (Å²) in [6.07, 6.45) is 5.27. The molecule has 0 aromatic carbocycles. The SMILES string of the molecule is CCCn1ccnc1CC(C)(O)CC(OC)OC. The van der Waals surface area contributed by atoms with Crippen molar-refractivity contribution in [3.05, 3.63) is 18.2 Å². The summed E-state index contributed by atoms with van der Waals surface area (Å²) in [5.74, 6) is 0.896. The highest BCUT2D eigenvalue weighted by atomic mass is 16.7. The van der Waals surface area contributed by atoms with Gasteiger partial charge in [0.1, 0.15) is 5.82 Å². The number of aliphatic hydroxyl groups is 1. The number of aromatic nitrogens is 2. The Balaban J connectivity index is 2.66. The van der Waals surface area contributed by atoms with Crippen LogP contribution in [0.5, 0.6) is 0 Å². The van der Waals surface area contributed by atoms with Crippen molar-refractivity contribution in [2.75, 3.05) is 14.2 Å². The van der Waals surface area contributed by atoms with Gasteiger partial charge in [-0.1, -0.05) is 6.92 Å². The Hall–Kier alpha value is -0.910. The van der Waals surface area contributed by atoms with Gasteiger partial charge in [-0.15, -0.1) is 0 Å². The fourth-order valence-corrected chi connectivity index (χ4v) is 1.99. The van der Waals surface area contributed by atoms with E-state index in [9.17, 15) is 5.11 Å². The highest BCUT2D eigenvalue weighted by Gasteiger charge is 2.27. The summed E-state index contributed by atoms with van der Waals surface area (Å²) in [5.41, 5.74) is -0.895. The van der Waals surface area contributed by atoms with Crippen LogP contribution in [-0.4, -0.2) is 40.8 Å². The summed E-state index contributed by atoms with van der Waals surface area (Å²) < 4.78 is 12.3. The van der Waals surface area contributed by atoms with Gasteiger partial charge in [-0.3, -0.25) is 0 Å². The summed E-state index contributed by atoms with van der Waals surface area (Å²) in [4.78, 5) is 4.30. The van der Waals surface area contributed by atoms with Crippen LogP contribution in [0.2, 0.25) is 0 Å². The molecule has 0 amide bonds. The normalized spacial score (nSPS) is 15.0. The fourth-order valence-electron chi connectivity index (χ4n) is 1.99. The Morgan fingerprint density at radius 1 is 1.44 bits per heavy atom. The molecule has 1 aromatic heterocycles. The maximum Gasteiger partial charge on any atom is 0.159 e. The summed E-state index contributed by atoms with van der Waals surface area (Å²) >= 11 is 0. The van der Waals surface area contributed by atoms with Gasteiger partial charge in [0.2, 0.25) is 0 Å². The van der Waals surface area contributed by atoms with E-state index in [0.29, 0.717) is 12.8 Å². The van der Waals surface area contributed by atoms with E-state index in [1.165, 1.54) is 0 Å². The van der Waals surface area contributed by atoms with Crippen molar-refractivity contribution < 1.29 is 14.6 Å². The van der Waals surface area contributed by atoms with E-state index in [1.807, 2.05) is 6.20 Å². The first-order valence-corrected chi connectivity index (χ1v) is 6.30. The van der Waals surface area contributed by atoms with Crippen LogP contribution >= 0.6 is 0 Å². The Kier molecular flexibility index (Phi) is 5.78. The lowest BCUT2D eigenvalue weighted by Gasteiger charge is -2.27. The van der Waals surface area contributed by atoms with Crippen LogP contribution in [0, 0.1) is 0 Å². The standard InChI is InChI=1S/C13H24N2O3/c1-5-7-15-8-6-14-11(15)9-13(2,16)10-12(17-3)18-4/h6,8,12,16H,5,7,9-10H2,1-4H3. The number of aryl methyl sites for hydroxylation is 1. The molecule has 1 rings (SSSR count). The number of nitrogens with zero attached hydrogens (tertiary/aromatic N) is 2. The lowest BCUT2D eigenvalue weighted by molar-refractivity contribution is -0.140. The largest absolute Gasteiger partial charge is 0.390 e. The zero-order valence-electron chi connectivity index (χ0n) is 11.7. The zero-order valence-corrected chi connectivity index (χ0v) is 11.7. The van der Waals surface area contributed by atoms with Crippen LogP contribution in [-0.2, 0) is 22.4 Å². The Labute approximate surface area is 109 Å². The third kappa shape index (κ3) is 4.40. The lowest BCUT2D eigenvalue weighted by Crippen LogP contribution is -2.35. The number of ether oxygens (including phenoxy) is 2. The maximum absolute atomic E-state index is 10.4. The molecule has 0 aliphatic carbocycles. The first kappa shape index (κ1) is 15.1. The van der Waals surface area contributed by atoms with E-state index in [2.05, 4.69) is 16.5 Å². The molecule has 18 heavy (non-hydrogen) atoms. The minimum absolute atomic E-state index is 0.394. The van der Waals surface area contributed by atoms with Crippen molar-refractivity contribution >= 4 is 0 Å². The second-order valence-corrected chi connectivity index (χ2v) is 4.82. The van der Waals surface area contributed by atoms with Gasteiger partial charge < -0.3 is 19.1 Å². The first-order chi connectivity index (χ1) is 8.52. The van der Waals surface area contributed by atoms with Gasteiger partial charge in [0.05, 0.1) is 5.60 Å². The van der Waals surface area contributed by atoms with E-state index >= 15 is 0 Å². The topological polar surface area (TPSA) is 56.5 Å². The third-order valence-electron chi connectivity index (χ3n) is 2.94. The molecule has 0 spiro atoms. The van der Waals surface area contributed by atoms with E-state index in [0.717, 1.165) is 18.8 Å². The van der Waals surface area contributed by atoms with E-state index < -0.39 is 11.9 Å². The van der Waals surface area contributed by atoms with Crippen LogP contribution in [0.15, 0.2) is 12.4 Å². The van der Waals surface area contributed by atoms with Gasteiger partial charge in [-0.25, -0.2) is 4.98 Å². The Morgan fingerprint density at radius 3 is 2.67 bits per heavy atom. The Morgan fingerprint density at radius 2 is 2.11 bits per heavy atom. The van der Waals surface area contributed by atoms with Gasteiger partial charge in [0.15, 0.2) is 6.29 Å². The van der Waals surface area contributed by atoms with Crippen LogP contribution in [0.3, 0.4) is 0 Å². The number of methoxy groups -OCH3 is 2. The molecule has 1 heterocycles. The third-order valence-corrected chi connectivity index (χ3v) is 2.94. The molecule has 1 aromatic rings. The van der Waals surface area contributed by atoms with Crippen molar-refractivity contribution in [3.8, 4) is 0 Å². The first-order valence-electron chi connectivity index (χ1n) is 6.30. The molecule has 1 atom stereocenters. The van der Waals surface area contributed by atoms with Crippen molar-refractivity contribution in [2.24, 2.45) is 0 Å². The van der Waals surface area contributed by atoms with Crippen molar-refractivity contribution in [1.29, 1.82) is 0 Å². The molecule has 0 radical (unpaired) electrons. The molecule has 0 aliphatic heterocycles.